The van der Waals surface area contributed by atoms with Gasteiger partial charge in [0.1, 0.15) is 5.82 Å². The van der Waals surface area contributed by atoms with Crippen molar-refractivity contribution in [1.29, 1.82) is 0 Å². The van der Waals surface area contributed by atoms with Crippen molar-refractivity contribution >= 4 is 5.52 Å². The molecule has 1 atom stereocenters. The molecular formula is C15H16N4. The maximum Gasteiger partial charge on any atom is 0.141 e. The van der Waals surface area contributed by atoms with Crippen LogP contribution in [0.4, 0.5) is 0 Å². The van der Waals surface area contributed by atoms with Gasteiger partial charge in [-0.3, -0.25) is 0 Å². The summed E-state index contributed by atoms with van der Waals surface area (Å²) in [5.74, 6) is 1.52. The van der Waals surface area contributed by atoms with Crippen LogP contribution in [0.3, 0.4) is 0 Å². The molecule has 4 rings (SSSR count). The van der Waals surface area contributed by atoms with Crippen LogP contribution in [0.2, 0.25) is 0 Å². The lowest BCUT2D eigenvalue weighted by atomic mass is 9.92. The molecule has 0 fully saturated rings. The van der Waals surface area contributed by atoms with Gasteiger partial charge in [0, 0.05) is 17.8 Å². The molecule has 3 aromatic rings. The van der Waals surface area contributed by atoms with Crippen molar-refractivity contribution in [3.8, 4) is 11.4 Å². The number of H-pyrrole nitrogens is 1. The fourth-order valence-corrected chi connectivity index (χ4v) is 2.99. The van der Waals surface area contributed by atoms with E-state index in [0.29, 0.717) is 5.92 Å². The van der Waals surface area contributed by atoms with Crippen LogP contribution in [0, 0.1) is 0 Å². The standard InChI is InChI=1S/C15H16N4/c1-10-5-4-6-12-14(10)18-15(17-12)11-9-16-19-8-3-2-7-13(11)19/h2-3,7-10H,4-6H2,1H3,(H,17,18). The predicted octanol–water partition coefficient (Wildman–Crippen LogP) is 3.16. The van der Waals surface area contributed by atoms with E-state index in [-0.39, 0.29) is 0 Å². The van der Waals surface area contributed by atoms with E-state index in [1.807, 2.05) is 29.0 Å². The van der Waals surface area contributed by atoms with Crippen molar-refractivity contribution in [3.05, 3.63) is 42.0 Å². The molecule has 0 spiro atoms. The Bertz CT molecular complexity index is 738. The van der Waals surface area contributed by atoms with E-state index >= 15 is 0 Å². The first-order valence-electron chi connectivity index (χ1n) is 6.84. The molecule has 19 heavy (non-hydrogen) atoms. The van der Waals surface area contributed by atoms with Crippen molar-refractivity contribution in [2.24, 2.45) is 0 Å². The number of aryl methyl sites for hydroxylation is 1. The van der Waals surface area contributed by atoms with E-state index in [9.17, 15) is 0 Å². The van der Waals surface area contributed by atoms with E-state index in [2.05, 4.69) is 23.1 Å². The van der Waals surface area contributed by atoms with Gasteiger partial charge in [0.2, 0.25) is 0 Å². The van der Waals surface area contributed by atoms with Crippen LogP contribution in [0.15, 0.2) is 30.6 Å². The van der Waals surface area contributed by atoms with Gasteiger partial charge in [0.25, 0.3) is 0 Å². The Morgan fingerprint density at radius 3 is 3.21 bits per heavy atom. The molecule has 4 nitrogen and oxygen atoms in total. The van der Waals surface area contributed by atoms with Crippen molar-refractivity contribution in [3.63, 3.8) is 0 Å². The third-order valence-electron chi connectivity index (χ3n) is 4.02. The van der Waals surface area contributed by atoms with E-state index in [1.54, 1.807) is 0 Å². The number of pyridine rings is 1. The molecule has 0 radical (unpaired) electrons. The monoisotopic (exact) mass is 252 g/mol. The van der Waals surface area contributed by atoms with Gasteiger partial charge in [-0.2, -0.15) is 5.10 Å². The SMILES string of the molecule is CC1CCCc2[nH]c(-c3cnn4ccccc34)nc21. The Kier molecular flexibility index (Phi) is 2.24. The van der Waals surface area contributed by atoms with Crippen LogP contribution in [0.25, 0.3) is 16.9 Å². The Labute approximate surface area is 111 Å². The molecule has 0 saturated carbocycles. The van der Waals surface area contributed by atoms with E-state index in [1.165, 1.54) is 24.2 Å². The van der Waals surface area contributed by atoms with E-state index < -0.39 is 0 Å². The van der Waals surface area contributed by atoms with Gasteiger partial charge >= 0.3 is 0 Å². The summed E-state index contributed by atoms with van der Waals surface area (Å²) in [5.41, 5.74) is 4.74. The van der Waals surface area contributed by atoms with Gasteiger partial charge in [0.15, 0.2) is 0 Å². The third-order valence-corrected chi connectivity index (χ3v) is 4.02. The number of aromatic nitrogens is 4. The molecule has 1 N–H and O–H groups in total. The highest BCUT2D eigenvalue weighted by Crippen LogP contribution is 2.32. The number of imidazole rings is 1. The maximum absolute atomic E-state index is 4.82. The summed E-state index contributed by atoms with van der Waals surface area (Å²) in [7, 11) is 0. The summed E-state index contributed by atoms with van der Waals surface area (Å²) in [5, 5.41) is 4.38. The highest BCUT2D eigenvalue weighted by atomic mass is 15.2. The minimum absolute atomic E-state index is 0.565. The first-order valence-corrected chi connectivity index (χ1v) is 6.84. The normalized spacial score (nSPS) is 18.7. The third kappa shape index (κ3) is 1.59. The molecule has 0 amide bonds. The molecule has 0 aliphatic heterocycles. The first kappa shape index (κ1) is 10.8. The average molecular weight is 252 g/mol. The number of nitrogens with zero attached hydrogens (tertiary/aromatic N) is 3. The smallest absolute Gasteiger partial charge is 0.141 e. The van der Waals surface area contributed by atoms with Gasteiger partial charge in [-0.15, -0.1) is 0 Å². The summed E-state index contributed by atoms with van der Waals surface area (Å²) in [6, 6.07) is 6.10. The van der Waals surface area contributed by atoms with Crippen molar-refractivity contribution < 1.29 is 0 Å². The molecule has 3 heterocycles. The number of hydrogen-bond acceptors (Lipinski definition) is 2. The van der Waals surface area contributed by atoms with Crippen LogP contribution >= 0.6 is 0 Å². The quantitative estimate of drug-likeness (QED) is 0.723. The number of rotatable bonds is 1. The summed E-state index contributed by atoms with van der Waals surface area (Å²) in [6.07, 6.45) is 7.47. The molecule has 0 aromatic carbocycles. The van der Waals surface area contributed by atoms with Crippen molar-refractivity contribution in [1.82, 2.24) is 19.6 Å². The first-order chi connectivity index (χ1) is 9.33. The second kappa shape index (κ2) is 3.95. The lowest BCUT2D eigenvalue weighted by molar-refractivity contribution is 0.574. The summed E-state index contributed by atoms with van der Waals surface area (Å²) in [6.45, 7) is 2.26. The predicted molar refractivity (Wildman–Crippen MR) is 74.1 cm³/mol. The zero-order valence-electron chi connectivity index (χ0n) is 10.9. The second-order valence-corrected chi connectivity index (χ2v) is 5.33. The lowest BCUT2D eigenvalue weighted by Gasteiger charge is -2.15. The molecule has 0 saturated heterocycles. The van der Waals surface area contributed by atoms with Gasteiger partial charge in [-0.1, -0.05) is 13.0 Å². The number of fused-ring (bicyclic) bond motifs is 2. The fraction of sp³-hybridized carbons (Fsp3) is 0.333. The Morgan fingerprint density at radius 2 is 2.32 bits per heavy atom. The topological polar surface area (TPSA) is 46.0 Å². The van der Waals surface area contributed by atoms with E-state index in [4.69, 9.17) is 4.98 Å². The summed E-state index contributed by atoms with van der Waals surface area (Å²) < 4.78 is 1.89. The highest BCUT2D eigenvalue weighted by molar-refractivity contribution is 5.75. The fourth-order valence-electron chi connectivity index (χ4n) is 2.99. The van der Waals surface area contributed by atoms with Crippen LogP contribution in [-0.4, -0.2) is 19.6 Å². The Hall–Kier alpha value is -2.10. The van der Waals surface area contributed by atoms with Gasteiger partial charge in [-0.25, -0.2) is 9.50 Å². The summed E-state index contributed by atoms with van der Waals surface area (Å²) in [4.78, 5) is 8.31. The minimum atomic E-state index is 0.565. The van der Waals surface area contributed by atoms with Gasteiger partial charge < -0.3 is 4.98 Å². The van der Waals surface area contributed by atoms with Gasteiger partial charge in [-0.05, 0) is 31.4 Å². The lowest BCUT2D eigenvalue weighted by Crippen LogP contribution is -2.05. The second-order valence-electron chi connectivity index (χ2n) is 5.33. The van der Waals surface area contributed by atoms with Crippen LogP contribution in [-0.2, 0) is 6.42 Å². The molecular weight excluding hydrogens is 236 g/mol. The van der Waals surface area contributed by atoms with Gasteiger partial charge in [0.05, 0.1) is 23.0 Å². The Balaban J connectivity index is 1.89. The maximum atomic E-state index is 4.82. The summed E-state index contributed by atoms with van der Waals surface area (Å²) >= 11 is 0. The zero-order valence-corrected chi connectivity index (χ0v) is 10.9. The molecule has 4 heteroatoms. The number of hydrogen-bond donors (Lipinski definition) is 1. The number of nitrogens with one attached hydrogen (secondary N) is 1. The minimum Gasteiger partial charge on any atom is -0.341 e. The molecule has 1 aliphatic carbocycles. The van der Waals surface area contributed by atoms with Crippen molar-refractivity contribution in [2.45, 2.75) is 32.1 Å². The molecule has 3 aromatic heterocycles. The molecule has 1 unspecified atom stereocenters. The van der Waals surface area contributed by atoms with Crippen LogP contribution in [0.5, 0.6) is 0 Å². The van der Waals surface area contributed by atoms with Crippen molar-refractivity contribution in [2.75, 3.05) is 0 Å². The van der Waals surface area contributed by atoms with Crippen LogP contribution in [0.1, 0.15) is 37.1 Å². The Morgan fingerprint density at radius 1 is 1.37 bits per heavy atom. The number of aromatic amines is 1. The average Bonchev–Trinajstić information content (AvgIpc) is 3.02. The largest absolute Gasteiger partial charge is 0.341 e. The molecule has 0 bridgehead atoms. The zero-order chi connectivity index (χ0) is 12.8. The highest BCUT2D eigenvalue weighted by Gasteiger charge is 2.22. The van der Waals surface area contributed by atoms with Crippen LogP contribution < -0.4 is 0 Å². The molecule has 96 valence electrons. The van der Waals surface area contributed by atoms with E-state index in [0.717, 1.165) is 23.3 Å². The molecule has 1 aliphatic rings.